The zero-order chi connectivity index (χ0) is 13.7. The summed E-state index contributed by atoms with van der Waals surface area (Å²) in [4.78, 5) is 13.5. The Balaban J connectivity index is 2.46. The van der Waals surface area contributed by atoms with Crippen molar-refractivity contribution in [3.63, 3.8) is 0 Å². The fourth-order valence-corrected chi connectivity index (χ4v) is 2.80. The molecule has 1 rings (SSSR count). The number of aliphatic carboxylic acids is 1. The van der Waals surface area contributed by atoms with Gasteiger partial charge in [-0.2, -0.15) is 0 Å². The first-order valence-electron chi connectivity index (χ1n) is 5.42. The highest BCUT2D eigenvalue weighted by molar-refractivity contribution is 7.99. The highest BCUT2D eigenvalue weighted by atomic mass is 35.5. The Morgan fingerprint density at radius 2 is 2.17 bits per heavy atom. The number of hydrogen-bond donors (Lipinski definition) is 1. The molecule has 3 nitrogen and oxygen atoms in total. The minimum Gasteiger partial charge on any atom is -0.480 e. The maximum absolute atomic E-state index is 10.8. The summed E-state index contributed by atoms with van der Waals surface area (Å²) < 4.78 is 0. The fourth-order valence-electron chi connectivity index (χ4n) is 1.27. The van der Waals surface area contributed by atoms with E-state index in [9.17, 15) is 4.79 Å². The molecule has 0 aliphatic heterocycles. The van der Waals surface area contributed by atoms with E-state index in [1.807, 2.05) is 6.07 Å². The second kappa shape index (κ2) is 7.24. The quantitative estimate of drug-likeness (QED) is 0.817. The van der Waals surface area contributed by atoms with Gasteiger partial charge in [-0.1, -0.05) is 23.2 Å². The van der Waals surface area contributed by atoms with Crippen molar-refractivity contribution in [3.8, 4) is 0 Å². The first kappa shape index (κ1) is 15.6. The van der Waals surface area contributed by atoms with Gasteiger partial charge < -0.3 is 5.11 Å². The van der Waals surface area contributed by atoms with Crippen molar-refractivity contribution in [2.75, 3.05) is 19.3 Å². The molecule has 0 saturated carbocycles. The highest BCUT2D eigenvalue weighted by Crippen LogP contribution is 2.29. The molecule has 0 aromatic heterocycles. The number of likely N-dealkylation sites (N-methyl/N-ethyl adjacent to an activating group) is 1. The van der Waals surface area contributed by atoms with Crippen molar-refractivity contribution in [3.05, 3.63) is 28.2 Å². The minimum absolute atomic E-state index is 0.486. The first-order chi connectivity index (χ1) is 8.41. The maximum atomic E-state index is 10.8. The monoisotopic (exact) mass is 307 g/mol. The Kier molecular flexibility index (Phi) is 6.29. The average molecular weight is 308 g/mol. The smallest absolute Gasteiger partial charge is 0.320 e. The molecule has 1 aromatic carbocycles. The van der Waals surface area contributed by atoms with Crippen LogP contribution in [-0.4, -0.2) is 41.4 Å². The van der Waals surface area contributed by atoms with Gasteiger partial charge >= 0.3 is 5.97 Å². The lowest BCUT2D eigenvalue weighted by Gasteiger charge is -2.20. The summed E-state index contributed by atoms with van der Waals surface area (Å²) >= 11 is 13.5. The number of nitrogens with zero attached hydrogens (tertiary/aromatic N) is 1. The third-order valence-corrected chi connectivity index (χ3v) is 4.33. The Hall–Kier alpha value is -0.420. The first-order valence-corrected chi connectivity index (χ1v) is 7.17. The number of rotatable bonds is 6. The molecule has 1 N–H and O–H groups in total. The summed E-state index contributed by atoms with van der Waals surface area (Å²) in [6, 6.07) is 4.83. The van der Waals surface area contributed by atoms with Crippen molar-refractivity contribution in [2.45, 2.75) is 17.9 Å². The number of carboxylic acid groups (broad SMARTS) is 1. The molecule has 0 radical (unpaired) electrons. The van der Waals surface area contributed by atoms with E-state index in [1.54, 1.807) is 42.8 Å². The van der Waals surface area contributed by atoms with Crippen LogP contribution < -0.4 is 0 Å². The number of thioether (sulfide) groups is 1. The van der Waals surface area contributed by atoms with E-state index in [-0.39, 0.29) is 0 Å². The van der Waals surface area contributed by atoms with Crippen LogP contribution in [-0.2, 0) is 4.79 Å². The van der Waals surface area contributed by atoms with Gasteiger partial charge in [0.1, 0.15) is 6.04 Å². The number of halogens is 2. The van der Waals surface area contributed by atoms with E-state index in [0.717, 1.165) is 10.6 Å². The van der Waals surface area contributed by atoms with Crippen LogP contribution in [0.1, 0.15) is 6.92 Å². The number of carboxylic acids is 1. The van der Waals surface area contributed by atoms with Crippen molar-refractivity contribution in [1.29, 1.82) is 0 Å². The van der Waals surface area contributed by atoms with Crippen LogP contribution in [0.2, 0.25) is 10.0 Å². The summed E-state index contributed by atoms with van der Waals surface area (Å²) in [6.45, 7) is 2.33. The van der Waals surface area contributed by atoms with E-state index >= 15 is 0 Å². The molecule has 0 spiro atoms. The molecule has 0 saturated heterocycles. The number of hydrogen-bond acceptors (Lipinski definition) is 3. The van der Waals surface area contributed by atoms with Gasteiger partial charge in [0.25, 0.3) is 0 Å². The highest BCUT2D eigenvalue weighted by Gasteiger charge is 2.16. The zero-order valence-corrected chi connectivity index (χ0v) is 12.5. The van der Waals surface area contributed by atoms with Gasteiger partial charge in [-0.15, -0.1) is 11.8 Å². The second-order valence-electron chi connectivity index (χ2n) is 3.92. The Morgan fingerprint density at radius 1 is 1.50 bits per heavy atom. The normalized spacial score (nSPS) is 12.7. The van der Waals surface area contributed by atoms with Crippen molar-refractivity contribution in [2.24, 2.45) is 0 Å². The molecule has 6 heteroatoms. The summed E-state index contributed by atoms with van der Waals surface area (Å²) in [5.41, 5.74) is 0. The lowest BCUT2D eigenvalue weighted by molar-refractivity contribution is -0.141. The maximum Gasteiger partial charge on any atom is 0.320 e. The van der Waals surface area contributed by atoms with Crippen molar-refractivity contribution >= 4 is 40.9 Å². The van der Waals surface area contributed by atoms with Gasteiger partial charge in [-0.25, -0.2) is 0 Å². The molecule has 1 atom stereocenters. The summed E-state index contributed by atoms with van der Waals surface area (Å²) in [5, 5.41) is 10.2. The molecular formula is C12H15Cl2NO2S. The Labute approximate surface area is 121 Å². The van der Waals surface area contributed by atoms with E-state index in [2.05, 4.69) is 0 Å². The van der Waals surface area contributed by atoms with Crippen LogP contribution in [0.4, 0.5) is 0 Å². The molecule has 0 heterocycles. The molecule has 0 amide bonds. The Morgan fingerprint density at radius 3 is 2.78 bits per heavy atom. The van der Waals surface area contributed by atoms with E-state index in [0.29, 0.717) is 16.6 Å². The van der Waals surface area contributed by atoms with E-state index in [4.69, 9.17) is 28.3 Å². The third-order valence-electron chi connectivity index (χ3n) is 2.61. The van der Waals surface area contributed by atoms with Crippen molar-refractivity contribution < 1.29 is 9.90 Å². The lowest BCUT2D eigenvalue weighted by Crippen LogP contribution is -2.37. The summed E-state index contributed by atoms with van der Waals surface area (Å²) in [7, 11) is 1.79. The minimum atomic E-state index is -0.816. The van der Waals surface area contributed by atoms with E-state index < -0.39 is 12.0 Å². The molecule has 1 aromatic rings. The molecule has 100 valence electrons. The van der Waals surface area contributed by atoms with Gasteiger partial charge in [-0.05, 0) is 32.2 Å². The topological polar surface area (TPSA) is 40.5 Å². The van der Waals surface area contributed by atoms with Gasteiger partial charge in [0.15, 0.2) is 0 Å². The van der Waals surface area contributed by atoms with Crippen LogP contribution in [0.25, 0.3) is 0 Å². The van der Waals surface area contributed by atoms with Crippen LogP contribution in [0.3, 0.4) is 0 Å². The van der Waals surface area contributed by atoms with Crippen LogP contribution in [0.15, 0.2) is 23.1 Å². The standard InChI is InChI=1S/C12H15Cl2NO2S/c1-8(12(16)17)15(2)5-6-18-11-7-9(13)3-4-10(11)14/h3-4,7-8H,5-6H2,1-2H3,(H,16,17). The number of benzene rings is 1. The van der Waals surface area contributed by atoms with Gasteiger partial charge in [0.2, 0.25) is 0 Å². The van der Waals surface area contributed by atoms with Crippen LogP contribution in [0.5, 0.6) is 0 Å². The lowest BCUT2D eigenvalue weighted by atomic mass is 10.3. The molecule has 0 fully saturated rings. The molecule has 1 unspecified atom stereocenters. The van der Waals surface area contributed by atoms with Gasteiger partial charge in [0, 0.05) is 22.2 Å². The van der Waals surface area contributed by atoms with Crippen molar-refractivity contribution in [1.82, 2.24) is 4.90 Å². The Bertz CT molecular complexity index is 429. The molecule has 0 bridgehead atoms. The van der Waals surface area contributed by atoms with Crippen LogP contribution in [0, 0.1) is 0 Å². The summed E-state index contributed by atoms with van der Waals surface area (Å²) in [5.74, 6) is -0.0583. The molecular weight excluding hydrogens is 293 g/mol. The average Bonchev–Trinajstić information content (AvgIpc) is 2.32. The predicted octanol–water partition coefficient (Wildman–Crippen LogP) is 3.49. The molecule has 0 aliphatic rings. The van der Waals surface area contributed by atoms with E-state index in [1.165, 1.54) is 0 Å². The largest absolute Gasteiger partial charge is 0.480 e. The molecule has 18 heavy (non-hydrogen) atoms. The third kappa shape index (κ3) is 4.69. The van der Waals surface area contributed by atoms with Gasteiger partial charge in [0.05, 0.1) is 5.02 Å². The SMILES string of the molecule is CC(C(=O)O)N(C)CCSc1cc(Cl)ccc1Cl. The second-order valence-corrected chi connectivity index (χ2v) is 5.90. The van der Waals surface area contributed by atoms with Crippen LogP contribution >= 0.6 is 35.0 Å². The zero-order valence-electron chi connectivity index (χ0n) is 10.2. The predicted molar refractivity (Wildman–Crippen MR) is 76.9 cm³/mol. The van der Waals surface area contributed by atoms with Gasteiger partial charge in [-0.3, -0.25) is 9.69 Å². The molecule has 0 aliphatic carbocycles. The number of carbonyl (C=O) groups is 1. The fraction of sp³-hybridized carbons (Fsp3) is 0.417. The summed E-state index contributed by atoms with van der Waals surface area (Å²) in [6.07, 6.45) is 0.